The van der Waals surface area contributed by atoms with Crippen molar-refractivity contribution in [1.29, 1.82) is 0 Å². The van der Waals surface area contributed by atoms with Gasteiger partial charge in [-0.05, 0) is 78.8 Å². The lowest BCUT2D eigenvalue weighted by Crippen LogP contribution is -2.36. The second-order valence-corrected chi connectivity index (χ2v) is 10.8. The normalized spacial score (nSPS) is 13.7. The smallest absolute Gasteiger partial charge is 0.248 e. The van der Waals surface area contributed by atoms with Crippen LogP contribution >= 0.6 is 11.6 Å². The summed E-state index contributed by atoms with van der Waals surface area (Å²) >= 11 is 6.42. The molecule has 2 aromatic carbocycles. The number of nitrogens with zero attached hydrogens (tertiary/aromatic N) is 3. The molecule has 1 aliphatic rings. The third-order valence-electron chi connectivity index (χ3n) is 7.62. The molecule has 0 atom stereocenters. The number of anilines is 2. The molecule has 43 heavy (non-hydrogen) atoms. The Bertz CT molecular complexity index is 1890. The van der Waals surface area contributed by atoms with Crippen molar-refractivity contribution in [1.82, 2.24) is 24.8 Å². The lowest BCUT2D eigenvalue weighted by Gasteiger charge is -2.31. The van der Waals surface area contributed by atoms with Crippen LogP contribution in [0.2, 0.25) is 5.02 Å². The first kappa shape index (κ1) is 28.2. The van der Waals surface area contributed by atoms with Gasteiger partial charge in [0.15, 0.2) is 5.82 Å². The van der Waals surface area contributed by atoms with Crippen LogP contribution in [-0.2, 0) is 4.79 Å². The van der Waals surface area contributed by atoms with Gasteiger partial charge < -0.3 is 24.9 Å². The van der Waals surface area contributed by atoms with Crippen LogP contribution in [0.25, 0.3) is 22.2 Å². The van der Waals surface area contributed by atoms with Crippen molar-refractivity contribution in [3.05, 3.63) is 106 Å². The minimum Gasteiger partial charge on any atom is -0.456 e. The molecule has 5 aromatic rings. The maximum absolute atomic E-state index is 15.5. The van der Waals surface area contributed by atoms with Gasteiger partial charge in [-0.1, -0.05) is 30.3 Å². The zero-order valence-corrected chi connectivity index (χ0v) is 24.0. The Morgan fingerprint density at radius 3 is 2.63 bits per heavy atom. The van der Waals surface area contributed by atoms with Crippen molar-refractivity contribution >= 4 is 40.0 Å². The molecule has 11 heteroatoms. The quantitative estimate of drug-likeness (QED) is 0.177. The maximum atomic E-state index is 15.5. The number of H-pyrrole nitrogens is 2. The Morgan fingerprint density at radius 1 is 1.14 bits per heavy atom. The van der Waals surface area contributed by atoms with E-state index in [-0.39, 0.29) is 33.8 Å². The van der Waals surface area contributed by atoms with Gasteiger partial charge in [0.05, 0.1) is 11.1 Å². The van der Waals surface area contributed by atoms with E-state index >= 15 is 4.39 Å². The Hall–Kier alpha value is -4.96. The summed E-state index contributed by atoms with van der Waals surface area (Å²) in [6.45, 7) is 6.64. The van der Waals surface area contributed by atoms with Gasteiger partial charge in [-0.25, -0.2) is 14.4 Å². The minimum atomic E-state index is -0.685. The summed E-state index contributed by atoms with van der Waals surface area (Å²) in [6, 6.07) is 13.6. The summed E-state index contributed by atoms with van der Waals surface area (Å²) in [6.07, 6.45) is 6.20. The molecule has 1 saturated heterocycles. The Labute approximate surface area is 251 Å². The number of carbonyl (C=O) groups excluding carboxylic acids is 1. The molecule has 0 spiro atoms. The van der Waals surface area contributed by atoms with Crippen molar-refractivity contribution < 1.29 is 13.9 Å². The van der Waals surface area contributed by atoms with Gasteiger partial charge in [0, 0.05) is 31.0 Å². The summed E-state index contributed by atoms with van der Waals surface area (Å²) in [5, 5.41) is 3.68. The van der Waals surface area contributed by atoms with Crippen molar-refractivity contribution in [3.63, 3.8) is 0 Å². The zero-order valence-electron chi connectivity index (χ0n) is 23.3. The highest BCUT2D eigenvalue weighted by Crippen LogP contribution is 2.39. The van der Waals surface area contributed by atoms with E-state index in [2.05, 4.69) is 31.8 Å². The first-order valence-electron chi connectivity index (χ1n) is 13.8. The molecule has 6 rings (SSSR count). The summed E-state index contributed by atoms with van der Waals surface area (Å²) in [4.78, 5) is 40.3. The summed E-state index contributed by atoms with van der Waals surface area (Å²) in [5.74, 6) is 0.481. The lowest BCUT2D eigenvalue weighted by atomic mass is 9.89. The van der Waals surface area contributed by atoms with Crippen LogP contribution in [0.5, 0.6) is 11.5 Å². The number of hydrogen-bond acceptors (Lipinski definition) is 6. The van der Waals surface area contributed by atoms with E-state index in [0.717, 1.165) is 40.6 Å². The van der Waals surface area contributed by atoms with E-state index in [0.29, 0.717) is 30.3 Å². The molecule has 9 nitrogen and oxygen atoms in total. The fourth-order valence-electron chi connectivity index (χ4n) is 5.47. The van der Waals surface area contributed by atoms with E-state index < -0.39 is 5.82 Å². The van der Waals surface area contributed by atoms with Gasteiger partial charge in [-0.2, -0.15) is 0 Å². The number of fused-ring (bicyclic) bond motifs is 1. The van der Waals surface area contributed by atoms with Crippen LogP contribution in [0.4, 0.5) is 15.9 Å². The number of likely N-dealkylation sites (tertiary alicyclic amines) is 1. The highest BCUT2D eigenvalue weighted by Gasteiger charge is 2.26. The molecule has 1 aliphatic heterocycles. The predicted octanol–water partition coefficient (Wildman–Crippen LogP) is 6.84. The topological polar surface area (TPSA) is 116 Å². The number of hydrogen-bond donors (Lipinski definition) is 3. The number of carbonyl (C=O) groups is 1. The van der Waals surface area contributed by atoms with E-state index in [9.17, 15) is 9.59 Å². The number of halogens is 2. The van der Waals surface area contributed by atoms with E-state index in [1.165, 1.54) is 18.5 Å². The SMILES string of the molecule is C=CC(=O)N1CCC(c2c[nH]c3ncnc(Nc4ccc(Oc5ccc(-c6cc(C)[nH]c(=O)c6)cc5)c(Cl)c4F)c23)CC1. The van der Waals surface area contributed by atoms with Gasteiger partial charge >= 0.3 is 0 Å². The number of piperidine rings is 1. The summed E-state index contributed by atoms with van der Waals surface area (Å²) < 4.78 is 21.4. The predicted molar refractivity (Wildman–Crippen MR) is 165 cm³/mol. The number of amides is 1. The second kappa shape index (κ2) is 11.7. The molecule has 0 radical (unpaired) electrons. The molecule has 3 N–H and O–H groups in total. The van der Waals surface area contributed by atoms with E-state index in [1.807, 2.05) is 31.3 Å². The third kappa shape index (κ3) is 5.74. The number of nitrogens with one attached hydrogen (secondary N) is 3. The molecule has 3 aromatic heterocycles. The van der Waals surface area contributed by atoms with Gasteiger partial charge in [0.25, 0.3) is 0 Å². The van der Waals surface area contributed by atoms with E-state index in [4.69, 9.17) is 16.3 Å². The Morgan fingerprint density at radius 2 is 1.91 bits per heavy atom. The summed E-state index contributed by atoms with van der Waals surface area (Å²) in [5.41, 5.74) is 3.98. The van der Waals surface area contributed by atoms with Crippen LogP contribution in [-0.4, -0.2) is 43.8 Å². The van der Waals surface area contributed by atoms with Crippen LogP contribution in [0.3, 0.4) is 0 Å². The number of rotatable bonds is 7. The molecule has 0 unspecified atom stereocenters. The average Bonchev–Trinajstić information content (AvgIpc) is 3.46. The average molecular weight is 599 g/mol. The first-order chi connectivity index (χ1) is 20.8. The molecule has 0 aliphatic carbocycles. The molecule has 1 amide bonds. The number of aromatic amines is 2. The largest absolute Gasteiger partial charge is 0.456 e. The number of aryl methyl sites for hydroxylation is 1. The van der Waals surface area contributed by atoms with Crippen molar-refractivity contribution in [3.8, 4) is 22.6 Å². The highest BCUT2D eigenvalue weighted by molar-refractivity contribution is 6.32. The Balaban J connectivity index is 1.21. The number of aromatic nitrogens is 4. The monoisotopic (exact) mass is 598 g/mol. The van der Waals surface area contributed by atoms with Crippen LogP contribution in [0.1, 0.15) is 30.0 Å². The number of pyridine rings is 1. The van der Waals surface area contributed by atoms with Crippen LogP contribution in [0, 0.1) is 12.7 Å². The standard InChI is InChI=1S/C32H28ClFN6O3/c1-3-27(42)40-12-10-20(11-13-40)23-16-35-31-28(23)32(37-17-36-31)39-24-8-9-25(29(33)30(24)34)43-22-6-4-19(5-7-22)21-14-18(2)38-26(41)15-21/h3-9,14-17,20H,1,10-13H2,2H3,(H,38,41)(H2,35,36,37,39). The molecular formula is C32H28ClFN6O3. The molecule has 0 bridgehead atoms. The molecule has 1 fully saturated rings. The summed E-state index contributed by atoms with van der Waals surface area (Å²) in [7, 11) is 0. The molecule has 218 valence electrons. The van der Waals surface area contributed by atoms with Crippen LogP contribution < -0.4 is 15.6 Å². The highest BCUT2D eigenvalue weighted by atomic mass is 35.5. The number of benzene rings is 2. The second-order valence-electron chi connectivity index (χ2n) is 10.4. The lowest BCUT2D eigenvalue weighted by molar-refractivity contribution is -0.127. The van der Waals surface area contributed by atoms with Crippen molar-refractivity contribution in [2.75, 3.05) is 18.4 Å². The number of ether oxygens (including phenoxy) is 1. The van der Waals surface area contributed by atoms with Crippen molar-refractivity contribution in [2.24, 2.45) is 0 Å². The minimum absolute atomic E-state index is 0.0695. The van der Waals surface area contributed by atoms with Gasteiger partial charge in [0.1, 0.15) is 34.3 Å². The fourth-order valence-corrected chi connectivity index (χ4v) is 5.67. The first-order valence-corrected chi connectivity index (χ1v) is 14.2. The zero-order chi connectivity index (χ0) is 30.1. The third-order valence-corrected chi connectivity index (χ3v) is 7.97. The Kier molecular flexibility index (Phi) is 7.69. The van der Waals surface area contributed by atoms with Gasteiger partial charge in [0.2, 0.25) is 11.5 Å². The maximum Gasteiger partial charge on any atom is 0.248 e. The van der Waals surface area contributed by atoms with Gasteiger partial charge in [-0.3, -0.25) is 9.59 Å². The van der Waals surface area contributed by atoms with Crippen molar-refractivity contribution in [2.45, 2.75) is 25.7 Å². The van der Waals surface area contributed by atoms with Gasteiger partial charge in [-0.15, -0.1) is 0 Å². The fraction of sp³-hybridized carbons (Fsp3) is 0.188. The van der Waals surface area contributed by atoms with E-state index in [1.54, 1.807) is 29.2 Å². The molecule has 0 saturated carbocycles. The van der Waals surface area contributed by atoms with Crippen LogP contribution in [0.15, 0.2) is 78.5 Å². The molecular weight excluding hydrogens is 571 g/mol. The molecule has 4 heterocycles.